The van der Waals surface area contributed by atoms with E-state index in [0.717, 1.165) is 12.1 Å². The summed E-state index contributed by atoms with van der Waals surface area (Å²) in [4.78, 5) is 0. The van der Waals surface area contributed by atoms with Crippen LogP contribution in [0.1, 0.15) is 5.89 Å². The summed E-state index contributed by atoms with van der Waals surface area (Å²) in [7, 11) is 0. The van der Waals surface area contributed by atoms with Gasteiger partial charge in [0, 0.05) is 5.56 Å². The Morgan fingerprint density at radius 3 is 2.25 bits per heavy atom. The molecule has 0 spiro atoms. The number of nitrogens with two attached hydrogens (primary N) is 1. The minimum Gasteiger partial charge on any atom is -0.419 e. The molecule has 0 unspecified atom stereocenters. The molecule has 0 atom stereocenters. The second-order valence-electron chi connectivity index (χ2n) is 2.96. The first kappa shape index (κ1) is 10.6. The second kappa shape index (κ2) is 3.93. The van der Waals surface area contributed by atoms with Crippen LogP contribution in [0, 0.1) is 17.5 Å². The van der Waals surface area contributed by atoms with Crippen LogP contribution in [-0.4, -0.2) is 10.2 Å². The monoisotopic (exact) mass is 229 g/mol. The summed E-state index contributed by atoms with van der Waals surface area (Å²) >= 11 is 0. The van der Waals surface area contributed by atoms with Gasteiger partial charge in [-0.25, -0.2) is 13.2 Å². The molecule has 16 heavy (non-hydrogen) atoms. The molecule has 1 aromatic heterocycles. The fourth-order valence-corrected chi connectivity index (χ4v) is 1.13. The molecule has 0 saturated carbocycles. The van der Waals surface area contributed by atoms with Gasteiger partial charge >= 0.3 is 0 Å². The van der Waals surface area contributed by atoms with Gasteiger partial charge < -0.3 is 10.2 Å². The van der Waals surface area contributed by atoms with Crippen molar-refractivity contribution in [3.8, 4) is 11.5 Å². The van der Waals surface area contributed by atoms with Crippen LogP contribution in [0.2, 0.25) is 0 Å². The van der Waals surface area contributed by atoms with E-state index < -0.39 is 17.5 Å². The number of aromatic nitrogens is 2. The molecule has 0 aliphatic heterocycles. The average Bonchev–Trinajstić information content (AvgIpc) is 2.73. The maximum atomic E-state index is 12.9. The first-order valence-electron chi connectivity index (χ1n) is 4.29. The first-order valence-corrected chi connectivity index (χ1v) is 4.29. The molecule has 84 valence electrons. The van der Waals surface area contributed by atoms with Gasteiger partial charge in [-0.2, -0.15) is 0 Å². The van der Waals surface area contributed by atoms with E-state index in [4.69, 9.17) is 10.2 Å². The van der Waals surface area contributed by atoms with Crippen molar-refractivity contribution in [2.45, 2.75) is 6.54 Å². The third-order valence-electron chi connectivity index (χ3n) is 1.87. The van der Waals surface area contributed by atoms with Crippen LogP contribution in [0.15, 0.2) is 16.5 Å². The predicted molar refractivity (Wildman–Crippen MR) is 47.5 cm³/mol. The zero-order valence-corrected chi connectivity index (χ0v) is 7.88. The number of halogens is 3. The Morgan fingerprint density at radius 2 is 1.75 bits per heavy atom. The zero-order chi connectivity index (χ0) is 11.7. The molecule has 2 rings (SSSR count). The van der Waals surface area contributed by atoms with Crippen molar-refractivity contribution in [3.05, 3.63) is 35.5 Å². The third kappa shape index (κ3) is 1.76. The van der Waals surface area contributed by atoms with Gasteiger partial charge in [0.25, 0.3) is 0 Å². The highest BCUT2D eigenvalue weighted by Gasteiger charge is 2.15. The van der Waals surface area contributed by atoms with Crippen LogP contribution >= 0.6 is 0 Å². The van der Waals surface area contributed by atoms with Crippen LogP contribution in [0.5, 0.6) is 0 Å². The molecule has 1 aromatic carbocycles. The number of nitrogens with zero attached hydrogens (tertiary/aromatic N) is 2. The van der Waals surface area contributed by atoms with E-state index >= 15 is 0 Å². The normalized spacial score (nSPS) is 10.8. The Kier molecular flexibility index (Phi) is 2.61. The Morgan fingerprint density at radius 1 is 1.12 bits per heavy atom. The van der Waals surface area contributed by atoms with E-state index in [9.17, 15) is 13.2 Å². The fourth-order valence-electron chi connectivity index (χ4n) is 1.13. The number of rotatable bonds is 2. The molecule has 2 aromatic rings. The summed E-state index contributed by atoms with van der Waals surface area (Å²) < 4.78 is 43.4. The molecular formula is C9H6F3N3O. The Labute approximate surface area is 87.9 Å². The SMILES string of the molecule is NCc1nnc(-c2cc(F)c(F)c(F)c2)o1. The van der Waals surface area contributed by atoms with E-state index in [-0.39, 0.29) is 23.9 Å². The number of hydrogen-bond acceptors (Lipinski definition) is 4. The lowest BCUT2D eigenvalue weighted by molar-refractivity contribution is 0.446. The first-order chi connectivity index (χ1) is 7.61. The maximum Gasteiger partial charge on any atom is 0.248 e. The van der Waals surface area contributed by atoms with Gasteiger partial charge in [0.15, 0.2) is 17.5 Å². The number of benzene rings is 1. The topological polar surface area (TPSA) is 64.9 Å². The van der Waals surface area contributed by atoms with Gasteiger partial charge in [-0.15, -0.1) is 10.2 Å². The van der Waals surface area contributed by atoms with Crippen molar-refractivity contribution in [2.75, 3.05) is 0 Å². The molecule has 1 heterocycles. The lowest BCUT2D eigenvalue weighted by Crippen LogP contribution is -1.95. The maximum absolute atomic E-state index is 12.9. The average molecular weight is 229 g/mol. The van der Waals surface area contributed by atoms with E-state index in [1.165, 1.54) is 0 Å². The minimum atomic E-state index is -1.54. The quantitative estimate of drug-likeness (QED) is 0.794. The molecule has 0 aliphatic rings. The van der Waals surface area contributed by atoms with E-state index in [1.807, 2.05) is 0 Å². The van der Waals surface area contributed by atoms with Crippen LogP contribution in [-0.2, 0) is 6.54 Å². The molecule has 4 nitrogen and oxygen atoms in total. The summed E-state index contributed by atoms with van der Waals surface area (Å²) in [5.41, 5.74) is 5.18. The van der Waals surface area contributed by atoms with Gasteiger partial charge in [0.2, 0.25) is 11.8 Å². The lowest BCUT2D eigenvalue weighted by atomic mass is 10.2. The van der Waals surface area contributed by atoms with Crippen molar-refractivity contribution in [3.63, 3.8) is 0 Å². The Hall–Kier alpha value is -1.89. The van der Waals surface area contributed by atoms with Crippen molar-refractivity contribution in [1.82, 2.24) is 10.2 Å². The lowest BCUT2D eigenvalue weighted by Gasteiger charge is -1.98. The highest BCUT2D eigenvalue weighted by atomic mass is 19.2. The van der Waals surface area contributed by atoms with Gasteiger partial charge in [0.1, 0.15) is 0 Å². The van der Waals surface area contributed by atoms with E-state index in [2.05, 4.69) is 10.2 Å². The Bertz CT molecular complexity index is 503. The molecular weight excluding hydrogens is 223 g/mol. The van der Waals surface area contributed by atoms with Gasteiger partial charge in [-0.1, -0.05) is 0 Å². The third-order valence-corrected chi connectivity index (χ3v) is 1.87. The molecule has 0 fully saturated rings. The molecule has 7 heteroatoms. The van der Waals surface area contributed by atoms with E-state index in [1.54, 1.807) is 0 Å². The summed E-state index contributed by atoms with van der Waals surface area (Å²) in [6.45, 7) is 0.0131. The van der Waals surface area contributed by atoms with Crippen LogP contribution in [0.25, 0.3) is 11.5 Å². The summed E-state index contributed by atoms with van der Waals surface area (Å²) in [5, 5.41) is 7.03. The van der Waals surface area contributed by atoms with E-state index in [0.29, 0.717) is 0 Å². The zero-order valence-electron chi connectivity index (χ0n) is 7.88. The summed E-state index contributed by atoms with van der Waals surface area (Å²) in [5.74, 6) is -4.16. The molecule has 0 bridgehead atoms. The molecule has 0 aliphatic carbocycles. The molecule has 0 saturated heterocycles. The smallest absolute Gasteiger partial charge is 0.248 e. The second-order valence-corrected chi connectivity index (χ2v) is 2.96. The minimum absolute atomic E-state index is 0.0131. The highest BCUT2D eigenvalue weighted by Crippen LogP contribution is 2.22. The molecule has 2 N–H and O–H groups in total. The van der Waals surface area contributed by atoms with Crippen LogP contribution < -0.4 is 5.73 Å². The summed E-state index contributed by atoms with van der Waals surface area (Å²) in [6.07, 6.45) is 0. The molecule has 0 amide bonds. The van der Waals surface area contributed by atoms with Gasteiger partial charge in [-0.3, -0.25) is 0 Å². The van der Waals surface area contributed by atoms with Crippen molar-refractivity contribution in [2.24, 2.45) is 5.73 Å². The largest absolute Gasteiger partial charge is 0.419 e. The van der Waals surface area contributed by atoms with Gasteiger partial charge in [-0.05, 0) is 12.1 Å². The van der Waals surface area contributed by atoms with Gasteiger partial charge in [0.05, 0.1) is 6.54 Å². The van der Waals surface area contributed by atoms with Crippen molar-refractivity contribution >= 4 is 0 Å². The van der Waals surface area contributed by atoms with Crippen molar-refractivity contribution < 1.29 is 17.6 Å². The molecule has 0 radical (unpaired) electrons. The highest BCUT2D eigenvalue weighted by molar-refractivity contribution is 5.52. The summed E-state index contributed by atoms with van der Waals surface area (Å²) in [6, 6.07) is 1.54. The van der Waals surface area contributed by atoms with Crippen molar-refractivity contribution in [1.29, 1.82) is 0 Å². The fraction of sp³-hybridized carbons (Fsp3) is 0.111. The standard InChI is InChI=1S/C9H6F3N3O/c10-5-1-4(2-6(11)8(5)12)9-15-14-7(3-13)16-9/h1-2H,3,13H2. The Balaban J connectivity index is 2.48. The predicted octanol–water partition coefficient (Wildman–Crippen LogP) is 1.61. The van der Waals surface area contributed by atoms with Crippen LogP contribution in [0.3, 0.4) is 0 Å². The van der Waals surface area contributed by atoms with Crippen LogP contribution in [0.4, 0.5) is 13.2 Å². The number of hydrogen-bond donors (Lipinski definition) is 1.